The number of benzene rings is 1. The average molecular weight is 371 g/mol. The minimum Gasteiger partial charge on any atom is -0.491 e. The first kappa shape index (κ1) is 18.9. The Morgan fingerprint density at radius 3 is 2.70 bits per heavy atom. The molecule has 2 heterocycles. The molecule has 27 heavy (non-hydrogen) atoms. The fourth-order valence-electron chi connectivity index (χ4n) is 3.05. The van der Waals surface area contributed by atoms with E-state index in [2.05, 4.69) is 15.6 Å². The van der Waals surface area contributed by atoms with Crippen LogP contribution >= 0.6 is 0 Å². The molecule has 8 heteroatoms. The van der Waals surface area contributed by atoms with E-state index < -0.39 is 0 Å². The summed E-state index contributed by atoms with van der Waals surface area (Å²) >= 11 is 0. The molecule has 3 rings (SSSR count). The second-order valence-electron chi connectivity index (χ2n) is 6.98. The van der Waals surface area contributed by atoms with Gasteiger partial charge in [-0.15, -0.1) is 5.10 Å². The van der Waals surface area contributed by atoms with Crippen LogP contribution in [-0.4, -0.2) is 46.0 Å². The van der Waals surface area contributed by atoms with Gasteiger partial charge in [0.15, 0.2) is 0 Å². The molecular formula is C19H25N5O3. The van der Waals surface area contributed by atoms with Gasteiger partial charge in [0.2, 0.25) is 11.8 Å². The lowest BCUT2D eigenvalue weighted by atomic mass is 10.1. The van der Waals surface area contributed by atoms with Crippen LogP contribution in [0.3, 0.4) is 0 Å². The van der Waals surface area contributed by atoms with Gasteiger partial charge < -0.3 is 15.0 Å². The largest absolute Gasteiger partial charge is 0.491 e. The van der Waals surface area contributed by atoms with E-state index in [1.807, 2.05) is 51.2 Å². The van der Waals surface area contributed by atoms with Crippen molar-refractivity contribution >= 4 is 17.5 Å². The van der Waals surface area contributed by atoms with Crippen LogP contribution in [0.5, 0.6) is 5.75 Å². The monoisotopic (exact) mass is 371 g/mol. The number of aromatic nitrogens is 3. The smallest absolute Gasteiger partial charge is 0.227 e. The fraction of sp³-hybridized carbons (Fsp3) is 0.474. The third-order valence-corrected chi connectivity index (χ3v) is 4.31. The van der Waals surface area contributed by atoms with E-state index in [9.17, 15) is 9.59 Å². The van der Waals surface area contributed by atoms with Crippen molar-refractivity contribution < 1.29 is 14.3 Å². The predicted molar refractivity (Wildman–Crippen MR) is 100 cm³/mol. The fourth-order valence-corrected chi connectivity index (χ4v) is 3.05. The van der Waals surface area contributed by atoms with Gasteiger partial charge in [0.05, 0.1) is 24.3 Å². The first-order valence-corrected chi connectivity index (χ1v) is 9.14. The molecule has 0 radical (unpaired) electrons. The van der Waals surface area contributed by atoms with Gasteiger partial charge in [-0.1, -0.05) is 5.21 Å². The molecule has 0 aliphatic carbocycles. The number of ether oxygens (including phenoxy) is 1. The molecule has 0 spiro atoms. The number of nitrogens with one attached hydrogen (secondary N) is 1. The van der Waals surface area contributed by atoms with Crippen molar-refractivity contribution in [2.24, 2.45) is 5.92 Å². The molecule has 8 nitrogen and oxygen atoms in total. The van der Waals surface area contributed by atoms with Gasteiger partial charge in [0.1, 0.15) is 5.75 Å². The maximum Gasteiger partial charge on any atom is 0.227 e. The molecule has 1 saturated heterocycles. The summed E-state index contributed by atoms with van der Waals surface area (Å²) in [6.45, 7) is 7.18. The molecule has 1 aliphatic heterocycles. The van der Waals surface area contributed by atoms with Crippen molar-refractivity contribution in [1.29, 1.82) is 0 Å². The van der Waals surface area contributed by atoms with Gasteiger partial charge in [-0.3, -0.25) is 14.3 Å². The molecule has 1 aromatic carbocycles. The van der Waals surface area contributed by atoms with Crippen LogP contribution in [0.4, 0.5) is 5.69 Å². The number of hydrogen-bond acceptors (Lipinski definition) is 5. The van der Waals surface area contributed by atoms with E-state index in [1.54, 1.807) is 9.58 Å². The highest BCUT2D eigenvalue weighted by molar-refractivity contribution is 6.00. The Morgan fingerprint density at radius 2 is 2.07 bits per heavy atom. The van der Waals surface area contributed by atoms with E-state index >= 15 is 0 Å². The molecule has 2 amide bonds. The minimum absolute atomic E-state index is 0.0421. The Bertz CT molecular complexity index is 800. The molecule has 1 fully saturated rings. The number of nitrogens with zero attached hydrogens (tertiary/aromatic N) is 4. The number of aryl methyl sites for hydroxylation is 1. The molecule has 0 unspecified atom stereocenters. The van der Waals surface area contributed by atoms with E-state index in [4.69, 9.17) is 4.74 Å². The second-order valence-corrected chi connectivity index (χ2v) is 6.98. The summed E-state index contributed by atoms with van der Waals surface area (Å²) < 4.78 is 7.30. The van der Waals surface area contributed by atoms with Crippen molar-refractivity contribution in [1.82, 2.24) is 20.3 Å². The van der Waals surface area contributed by atoms with Crippen molar-refractivity contribution in [2.75, 3.05) is 18.0 Å². The van der Waals surface area contributed by atoms with Gasteiger partial charge in [-0.2, -0.15) is 0 Å². The zero-order valence-corrected chi connectivity index (χ0v) is 15.9. The van der Waals surface area contributed by atoms with Crippen LogP contribution < -0.4 is 15.0 Å². The van der Waals surface area contributed by atoms with Gasteiger partial charge in [0.25, 0.3) is 0 Å². The van der Waals surface area contributed by atoms with Crippen LogP contribution in [0, 0.1) is 12.8 Å². The van der Waals surface area contributed by atoms with Gasteiger partial charge >= 0.3 is 0 Å². The minimum atomic E-state index is -0.346. The number of carbonyl (C=O) groups excluding carboxylic acids is 2. The van der Waals surface area contributed by atoms with Crippen molar-refractivity contribution in [3.05, 3.63) is 36.2 Å². The molecule has 144 valence electrons. The highest BCUT2D eigenvalue weighted by Crippen LogP contribution is 2.27. The topological polar surface area (TPSA) is 89.4 Å². The lowest BCUT2D eigenvalue weighted by Crippen LogP contribution is -2.34. The number of amides is 2. The highest BCUT2D eigenvalue weighted by Gasteiger charge is 2.34. The summed E-state index contributed by atoms with van der Waals surface area (Å²) in [5, 5.41) is 10.7. The Hall–Kier alpha value is -2.90. The van der Waals surface area contributed by atoms with E-state index in [1.165, 1.54) is 0 Å². The van der Waals surface area contributed by atoms with Crippen LogP contribution in [0.15, 0.2) is 30.5 Å². The Morgan fingerprint density at radius 1 is 1.33 bits per heavy atom. The van der Waals surface area contributed by atoms with Crippen LogP contribution in [0.2, 0.25) is 0 Å². The summed E-state index contributed by atoms with van der Waals surface area (Å²) in [7, 11) is 0. The summed E-state index contributed by atoms with van der Waals surface area (Å²) in [6, 6.07) is 7.39. The zero-order valence-electron chi connectivity index (χ0n) is 15.9. The van der Waals surface area contributed by atoms with E-state index in [0.717, 1.165) is 17.1 Å². The highest BCUT2D eigenvalue weighted by atomic mass is 16.5. The Kier molecular flexibility index (Phi) is 5.73. The number of rotatable bonds is 7. The molecule has 1 aliphatic rings. The SMILES string of the molecule is Cc1cn(CCNC(=O)[C@@H]2CC(=O)N(c3ccc(OC(C)C)cc3)C2)nn1. The first-order valence-electron chi connectivity index (χ1n) is 9.14. The normalized spacial score (nSPS) is 16.8. The second kappa shape index (κ2) is 8.20. The van der Waals surface area contributed by atoms with Crippen LogP contribution in [0.25, 0.3) is 0 Å². The van der Waals surface area contributed by atoms with Crippen LogP contribution in [0.1, 0.15) is 26.0 Å². The Labute approximate surface area is 158 Å². The molecule has 0 saturated carbocycles. The van der Waals surface area contributed by atoms with Gasteiger partial charge in [-0.25, -0.2) is 0 Å². The molecule has 1 N–H and O–H groups in total. The molecule has 2 aromatic rings. The Balaban J connectivity index is 1.52. The van der Waals surface area contributed by atoms with Gasteiger partial charge in [-0.05, 0) is 45.0 Å². The maximum absolute atomic E-state index is 12.4. The van der Waals surface area contributed by atoms with Crippen molar-refractivity contribution in [3.63, 3.8) is 0 Å². The van der Waals surface area contributed by atoms with Gasteiger partial charge in [0, 0.05) is 31.4 Å². The first-order chi connectivity index (χ1) is 12.9. The van der Waals surface area contributed by atoms with Crippen molar-refractivity contribution in [3.8, 4) is 5.75 Å². The summed E-state index contributed by atoms with van der Waals surface area (Å²) in [6.07, 6.45) is 2.14. The van der Waals surface area contributed by atoms with E-state index in [0.29, 0.717) is 19.6 Å². The third-order valence-electron chi connectivity index (χ3n) is 4.31. The van der Waals surface area contributed by atoms with E-state index in [-0.39, 0.29) is 30.3 Å². The number of hydrogen-bond donors (Lipinski definition) is 1. The summed E-state index contributed by atoms with van der Waals surface area (Å²) in [4.78, 5) is 26.4. The standard InChI is InChI=1S/C19H25N5O3/c1-13(2)27-17-6-4-16(5-7-17)24-12-15(10-18(24)25)19(26)20-8-9-23-11-14(3)21-22-23/h4-7,11,13,15H,8-10,12H2,1-3H3,(H,20,26)/t15-/m1/s1. The third kappa shape index (κ3) is 4.84. The summed E-state index contributed by atoms with van der Waals surface area (Å²) in [5.74, 6) is 0.265. The number of carbonyl (C=O) groups is 2. The van der Waals surface area contributed by atoms with Crippen molar-refractivity contribution in [2.45, 2.75) is 39.8 Å². The number of anilines is 1. The maximum atomic E-state index is 12.4. The average Bonchev–Trinajstić information content (AvgIpc) is 3.21. The zero-order chi connectivity index (χ0) is 19.4. The predicted octanol–water partition coefficient (Wildman–Crippen LogP) is 1.54. The quantitative estimate of drug-likeness (QED) is 0.797. The lowest BCUT2D eigenvalue weighted by molar-refractivity contribution is -0.126. The molecule has 1 atom stereocenters. The molecular weight excluding hydrogens is 346 g/mol. The molecule has 0 bridgehead atoms. The molecule has 1 aromatic heterocycles. The lowest BCUT2D eigenvalue weighted by Gasteiger charge is -2.18. The van der Waals surface area contributed by atoms with Crippen LogP contribution in [-0.2, 0) is 16.1 Å². The summed E-state index contributed by atoms with van der Waals surface area (Å²) in [5.41, 5.74) is 1.62.